The molecule has 2 N–H and O–H groups in total. The lowest BCUT2D eigenvalue weighted by molar-refractivity contribution is 0.603. The molecule has 0 fully saturated rings. The van der Waals surface area contributed by atoms with Gasteiger partial charge >= 0.3 is 0 Å². The van der Waals surface area contributed by atoms with Gasteiger partial charge < -0.3 is 5.73 Å². The summed E-state index contributed by atoms with van der Waals surface area (Å²) in [5.74, 6) is -0.00616. The quantitative estimate of drug-likeness (QED) is 0.672. The predicted molar refractivity (Wildman–Crippen MR) is 70.8 cm³/mol. The van der Waals surface area contributed by atoms with Crippen LogP contribution in [0.2, 0.25) is 5.02 Å². The molecule has 17 heavy (non-hydrogen) atoms. The van der Waals surface area contributed by atoms with Crippen molar-refractivity contribution in [3.05, 3.63) is 34.9 Å². The van der Waals surface area contributed by atoms with E-state index in [1.54, 1.807) is 12.1 Å². The number of amidine groups is 1. The molecule has 1 rings (SSSR count). The number of benzene rings is 1. The summed E-state index contributed by atoms with van der Waals surface area (Å²) in [5, 5.41) is 0.666. The standard InChI is InChI=1S/C11H15ClN2O2S/c1-8(11(13)14-17(2,15)16)7-9-3-5-10(12)6-4-9/h3-6,8H,7H2,1-2H3,(H2,13,14)/t8-/m0/s1. The van der Waals surface area contributed by atoms with Crippen LogP contribution in [0.15, 0.2) is 28.7 Å². The predicted octanol–water partition coefficient (Wildman–Crippen LogP) is 1.84. The van der Waals surface area contributed by atoms with Gasteiger partial charge in [0.25, 0.3) is 10.0 Å². The second-order valence-electron chi connectivity index (χ2n) is 3.98. The summed E-state index contributed by atoms with van der Waals surface area (Å²) in [6.07, 6.45) is 1.65. The number of nitrogens with zero attached hydrogens (tertiary/aromatic N) is 1. The summed E-state index contributed by atoms with van der Waals surface area (Å²) in [7, 11) is -3.43. The van der Waals surface area contributed by atoms with Crippen LogP contribution in [-0.2, 0) is 16.4 Å². The van der Waals surface area contributed by atoms with Crippen molar-refractivity contribution in [3.63, 3.8) is 0 Å². The van der Waals surface area contributed by atoms with E-state index in [0.717, 1.165) is 11.8 Å². The number of nitrogens with two attached hydrogens (primary N) is 1. The maximum Gasteiger partial charge on any atom is 0.251 e. The van der Waals surface area contributed by atoms with Gasteiger partial charge in [-0.2, -0.15) is 4.40 Å². The molecular weight excluding hydrogens is 260 g/mol. The monoisotopic (exact) mass is 274 g/mol. The van der Waals surface area contributed by atoms with Crippen LogP contribution in [0.3, 0.4) is 0 Å². The van der Waals surface area contributed by atoms with E-state index >= 15 is 0 Å². The van der Waals surface area contributed by atoms with Crippen LogP contribution in [-0.4, -0.2) is 20.5 Å². The van der Waals surface area contributed by atoms with Gasteiger partial charge in [0.15, 0.2) is 0 Å². The first-order chi connectivity index (χ1) is 7.78. The molecule has 6 heteroatoms. The van der Waals surface area contributed by atoms with E-state index in [2.05, 4.69) is 4.40 Å². The number of hydrogen-bond donors (Lipinski definition) is 1. The molecule has 0 aliphatic heterocycles. The van der Waals surface area contributed by atoms with Crippen LogP contribution in [0.25, 0.3) is 0 Å². The molecule has 0 amide bonds. The van der Waals surface area contributed by atoms with E-state index in [4.69, 9.17) is 17.3 Å². The zero-order valence-electron chi connectivity index (χ0n) is 9.72. The first kappa shape index (κ1) is 14.0. The van der Waals surface area contributed by atoms with Crippen molar-refractivity contribution in [2.75, 3.05) is 6.26 Å². The van der Waals surface area contributed by atoms with Crippen molar-refractivity contribution in [2.24, 2.45) is 16.0 Å². The maximum atomic E-state index is 11.0. The normalized spacial score (nSPS) is 14.6. The summed E-state index contributed by atoms with van der Waals surface area (Å²) >= 11 is 5.77. The van der Waals surface area contributed by atoms with E-state index in [-0.39, 0.29) is 11.8 Å². The van der Waals surface area contributed by atoms with Crippen molar-refractivity contribution < 1.29 is 8.42 Å². The van der Waals surface area contributed by atoms with Crippen LogP contribution >= 0.6 is 11.6 Å². The van der Waals surface area contributed by atoms with Crippen LogP contribution < -0.4 is 5.73 Å². The zero-order valence-corrected chi connectivity index (χ0v) is 11.3. The number of rotatable bonds is 4. The Labute approximate surface area is 107 Å². The molecule has 0 radical (unpaired) electrons. The number of hydrogen-bond acceptors (Lipinski definition) is 2. The van der Waals surface area contributed by atoms with Crippen molar-refractivity contribution in [1.82, 2.24) is 0 Å². The lowest BCUT2D eigenvalue weighted by Gasteiger charge is -2.10. The van der Waals surface area contributed by atoms with E-state index < -0.39 is 10.0 Å². The van der Waals surface area contributed by atoms with Gasteiger partial charge in [0.2, 0.25) is 0 Å². The average Bonchev–Trinajstić information content (AvgIpc) is 2.19. The summed E-state index contributed by atoms with van der Waals surface area (Å²) in [4.78, 5) is 0. The Hall–Kier alpha value is -1.07. The highest BCUT2D eigenvalue weighted by molar-refractivity contribution is 7.89. The molecule has 0 saturated carbocycles. The molecule has 0 spiro atoms. The van der Waals surface area contributed by atoms with Gasteiger partial charge in [0.1, 0.15) is 5.84 Å². The third kappa shape index (κ3) is 5.19. The molecule has 0 aliphatic rings. The van der Waals surface area contributed by atoms with E-state index in [1.165, 1.54) is 0 Å². The van der Waals surface area contributed by atoms with Gasteiger partial charge in [-0.15, -0.1) is 0 Å². The molecule has 1 atom stereocenters. The van der Waals surface area contributed by atoms with Crippen LogP contribution in [0.5, 0.6) is 0 Å². The maximum absolute atomic E-state index is 11.0. The molecule has 0 heterocycles. The highest BCUT2D eigenvalue weighted by atomic mass is 35.5. The number of sulfonamides is 1. The van der Waals surface area contributed by atoms with E-state index in [9.17, 15) is 8.42 Å². The minimum absolute atomic E-state index is 0.127. The van der Waals surface area contributed by atoms with Gasteiger partial charge in [-0.25, -0.2) is 8.42 Å². The summed E-state index contributed by atoms with van der Waals surface area (Å²) < 4.78 is 25.4. The van der Waals surface area contributed by atoms with E-state index in [0.29, 0.717) is 11.4 Å². The summed E-state index contributed by atoms with van der Waals surface area (Å²) in [5.41, 5.74) is 6.66. The first-order valence-electron chi connectivity index (χ1n) is 5.07. The van der Waals surface area contributed by atoms with Gasteiger partial charge in [-0.1, -0.05) is 30.7 Å². The molecule has 0 saturated heterocycles. The minimum atomic E-state index is -3.43. The van der Waals surface area contributed by atoms with Crippen LogP contribution in [0.4, 0.5) is 0 Å². The Bertz CT molecular complexity index is 509. The fourth-order valence-electron chi connectivity index (χ4n) is 1.36. The third-order valence-corrected chi connectivity index (χ3v) is 3.03. The smallest absolute Gasteiger partial charge is 0.251 e. The minimum Gasteiger partial charge on any atom is -0.386 e. The van der Waals surface area contributed by atoms with Crippen LogP contribution in [0, 0.1) is 5.92 Å². The Morgan fingerprint density at radius 1 is 1.41 bits per heavy atom. The highest BCUT2D eigenvalue weighted by Gasteiger charge is 2.10. The molecular formula is C11H15ClN2O2S. The Morgan fingerprint density at radius 3 is 2.41 bits per heavy atom. The number of halogens is 1. The van der Waals surface area contributed by atoms with Crippen LogP contribution in [0.1, 0.15) is 12.5 Å². The van der Waals surface area contributed by atoms with E-state index in [1.807, 2.05) is 19.1 Å². The average molecular weight is 275 g/mol. The molecule has 1 aromatic rings. The fraction of sp³-hybridized carbons (Fsp3) is 0.364. The van der Waals surface area contributed by atoms with Gasteiger partial charge in [-0.3, -0.25) is 0 Å². The Morgan fingerprint density at radius 2 is 1.94 bits per heavy atom. The Balaban J connectivity index is 2.76. The Kier molecular flexibility index (Phi) is 4.54. The molecule has 94 valence electrons. The highest BCUT2D eigenvalue weighted by Crippen LogP contribution is 2.13. The lowest BCUT2D eigenvalue weighted by atomic mass is 10.0. The lowest BCUT2D eigenvalue weighted by Crippen LogP contribution is -2.24. The topological polar surface area (TPSA) is 72.5 Å². The second-order valence-corrected chi connectivity index (χ2v) is 6.07. The van der Waals surface area contributed by atoms with Crippen molar-refractivity contribution in [3.8, 4) is 0 Å². The molecule has 1 aromatic carbocycles. The van der Waals surface area contributed by atoms with Gasteiger partial charge in [0, 0.05) is 10.9 Å². The zero-order chi connectivity index (χ0) is 13.1. The van der Waals surface area contributed by atoms with Crippen molar-refractivity contribution >= 4 is 27.5 Å². The SMILES string of the molecule is C[C@@H](Cc1ccc(Cl)cc1)C(N)=NS(C)(=O)=O. The summed E-state index contributed by atoms with van der Waals surface area (Å²) in [6.45, 7) is 1.83. The molecule has 0 unspecified atom stereocenters. The van der Waals surface area contributed by atoms with Crippen molar-refractivity contribution in [2.45, 2.75) is 13.3 Å². The molecule has 0 aromatic heterocycles. The van der Waals surface area contributed by atoms with Gasteiger partial charge in [-0.05, 0) is 24.1 Å². The van der Waals surface area contributed by atoms with Gasteiger partial charge in [0.05, 0.1) is 6.26 Å². The summed E-state index contributed by atoms with van der Waals surface area (Å²) in [6, 6.07) is 7.33. The van der Waals surface area contributed by atoms with Crippen molar-refractivity contribution in [1.29, 1.82) is 0 Å². The molecule has 4 nitrogen and oxygen atoms in total. The fourth-order valence-corrected chi connectivity index (χ4v) is 2.05. The molecule has 0 aliphatic carbocycles. The third-order valence-electron chi connectivity index (χ3n) is 2.23. The largest absolute Gasteiger partial charge is 0.386 e. The second kappa shape index (κ2) is 5.51. The first-order valence-corrected chi connectivity index (χ1v) is 7.30. The molecule has 0 bridgehead atoms.